The van der Waals surface area contributed by atoms with E-state index in [0.717, 1.165) is 0 Å². The van der Waals surface area contributed by atoms with E-state index < -0.39 is 24.0 Å². The first kappa shape index (κ1) is 23.0. The fraction of sp³-hybridized carbons (Fsp3) is 0.625. The van der Waals surface area contributed by atoms with Crippen LogP contribution in [0.2, 0.25) is 0 Å². The Morgan fingerprint density at radius 3 is 1.61 bits per heavy atom. The Hall–Kier alpha value is -1.24. The van der Waals surface area contributed by atoms with Crippen LogP contribution in [0.25, 0.3) is 0 Å². The minimum absolute atomic E-state index is 0.0244. The Balaban J connectivity index is 1.99. The lowest BCUT2D eigenvalue weighted by molar-refractivity contribution is -0.149. The molecular weight excluding hydrogens is 444 g/mol. The summed E-state index contributed by atoms with van der Waals surface area (Å²) in [7, 11) is 2.51. The molecule has 0 aliphatic carbocycles. The number of methoxy groups -OCH3 is 2. The quantitative estimate of drug-likeness (QED) is 0.422. The smallest absolute Gasteiger partial charge is 0.329 e. The number of hydrogen-bond donors (Lipinski definition) is 0. The largest absolute Gasteiger partial charge is 0.467 e. The Kier molecular flexibility index (Phi) is 8.22. The molecule has 0 N–H and O–H groups in total. The standard InChI is InChI=1S/C16H20N2O6S4/c1-8(4-11(19)17-9(13(21)23-2)6-27-15(17)25)5-12(20)18-10(14(22)24-3)7-28-16(18)26/h8-10H,4-7H2,1-3H3. The molecule has 2 atom stereocenters. The molecule has 0 aromatic carbocycles. The maximum atomic E-state index is 12.7. The summed E-state index contributed by atoms with van der Waals surface area (Å²) in [5, 5.41) is 0. The lowest BCUT2D eigenvalue weighted by Crippen LogP contribution is -2.46. The first-order valence-corrected chi connectivity index (χ1v) is 11.1. The van der Waals surface area contributed by atoms with Gasteiger partial charge in [-0.25, -0.2) is 9.59 Å². The fourth-order valence-electron chi connectivity index (χ4n) is 2.88. The maximum absolute atomic E-state index is 12.7. The van der Waals surface area contributed by atoms with Crippen molar-refractivity contribution < 1.29 is 28.7 Å². The van der Waals surface area contributed by atoms with Crippen LogP contribution in [0.4, 0.5) is 0 Å². The van der Waals surface area contributed by atoms with Crippen molar-refractivity contribution >= 4 is 80.4 Å². The van der Waals surface area contributed by atoms with Crippen molar-refractivity contribution in [3.63, 3.8) is 0 Å². The molecule has 2 aliphatic heterocycles. The van der Waals surface area contributed by atoms with Gasteiger partial charge in [-0.05, 0) is 5.92 Å². The van der Waals surface area contributed by atoms with E-state index in [4.69, 9.17) is 33.9 Å². The third-order valence-electron chi connectivity index (χ3n) is 4.28. The number of esters is 2. The molecular formula is C16H20N2O6S4. The summed E-state index contributed by atoms with van der Waals surface area (Å²) in [6, 6.07) is -1.49. The molecule has 2 fully saturated rings. The number of carbonyl (C=O) groups excluding carboxylic acids is 4. The van der Waals surface area contributed by atoms with E-state index in [1.807, 2.05) is 0 Å². The number of hydrogen-bond acceptors (Lipinski definition) is 10. The topological polar surface area (TPSA) is 93.2 Å². The van der Waals surface area contributed by atoms with Crippen molar-refractivity contribution in [1.82, 2.24) is 9.80 Å². The molecule has 28 heavy (non-hydrogen) atoms. The zero-order chi connectivity index (χ0) is 21.0. The van der Waals surface area contributed by atoms with Crippen LogP contribution >= 0.6 is 48.0 Å². The Bertz CT molecular complexity index is 657. The highest BCUT2D eigenvalue weighted by Crippen LogP contribution is 2.29. The number of thioether (sulfide) groups is 2. The molecule has 0 bridgehead atoms. The first-order valence-electron chi connectivity index (χ1n) is 8.34. The zero-order valence-electron chi connectivity index (χ0n) is 15.5. The third-order valence-corrected chi connectivity index (χ3v) is 7.23. The Morgan fingerprint density at radius 2 is 1.29 bits per heavy atom. The first-order chi connectivity index (χ1) is 13.2. The summed E-state index contributed by atoms with van der Waals surface area (Å²) in [4.78, 5) is 51.6. The SMILES string of the molecule is COC(=O)C1CSC(=S)N1C(=O)CC(C)CC(=O)N1C(=S)SCC1C(=O)OC. The van der Waals surface area contributed by atoms with Gasteiger partial charge < -0.3 is 9.47 Å². The van der Waals surface area contributed by atoms with Crippen molar-refractivity contribution in [3.05, 3.63) is 0 Å². The molecule has 2 amide bonds. The number of amides is 2. The van der Waals surface area contributed by atoms with Gasteiger partial charge >= 0.3 is 11.9 Å². The second kappa shape index (κ2) is 9.99. The summed E-state index contributed by atoms with van der Waals surface area (Å²) in [5.41, 5.74) is 0. The second-order valence-corrected chi connectivity index (χ2v) is 9.58. The van der Waals surface area contributed by atoms with Gasteiger partial charge in [-0.3, -0.25) is 19.4 Å². The molecule has 0 spiro atoms. The lowest BCUT2D eigenvalue weighted by Gasteiger charge is -2.25. The highest BCUT2D eigenvalue weighted by molar-refractivity contribution is 8.23. The van der Waals surface area contributed by atoms with Crippen LogP contribution in [0.15, 0.2) is 0 Å². The normalized spacial score (nSPS) is 23.0. The number of rotatable bonds is 6. The molecule has 2 aliphatic rings. The molecule has 154 valence electrons. The van der Waals surface area contributed by atoms with Gasteiger partial charge in [0.1, 0.15) is 20.7 Å². The van der Waals surface area contributed by atoms with Gasteiger partial charge in [0.25, 0.3) is 0 Å². The lowest BCUT2D eigenvalue weighted by atomic mass is 10.0. The maximum Gasteiger partial charge on any atom is 0.329 e. The highest BCUT2D eigenvalue weighted by Gasteiger charge is 2.41. The molecule has 2 rings (SSSR count). The van der Waals surface area contributed by atoms with Gasteiger partial charge in [-0.1, -0.05) is 54.9 Å². The van der Waals surface area contributed by atoms with Crippen LogP contribution in [0, 0.1) is 5.92 Å². The summed E-state index contributed by atoms with van der Waals surface area (Å²) in [5.74, 6) is -1.36. The molecule has 0 radical (unpaired) electrons. The van der Waals surface area contributed by atoms with E-state index in [1.165, 1.54) is 47.5 Å². The molecule has 2 heterocycles. The molecule has 0 saturated carbocycles. The highest BCUT2D eigenvalue weighted by atomic mass is 32.2. The average Bonchev–Trinajstić information content (AvgIpc) is 3.22. The van der Waals surface area contributed by atoms with E-state index in [9.17, 15) is 19.2 Å². The summed E-state index contributed by atoms with van der Waals surface area (Å²) in [6.07, 6.45) is 0.0487. The van der Waals surface area contributed by atoms with E-state index in [-0.39, 0.29) is 30.6 Å². The number of carbonyl (C=O) groups is 4. The van der Waals surface area contributed by atoms with Crippen molar-refractivity contribution in [2.45, 2.75) is 31.8 Å². The van der Waals surface area contributed by atoms with Crippen LogP contribution in [-0.2, 0) is 28.7 Å². The van der Waals surface area contributed by atoms with Gasteiger partial charge in [0.15, 0.2) is 0 Å². The monoisotopic (exact) mass is 464 g/mol. The predicted octanol–water partition coefficient (Wildman–Crippen LogP) is 1.21. The predicted molar refractivity (Wildman–Crippen MR) is 114 cm³/mol. The zero-order valence-corrected chi connectivity index (χ0v) is 18.8. The van der Waals surface area contributed by atoms with Crippen molar-refractivity contribution in [1.29, 1.82) is 0 Å². The van der Waals surface area contributed by atoms with E-state index >= 15 is 0 Å². The van der Waals surface area contributed by atoms with Crippen LogP contribution in [0.3, 0.4) is 0 Å². The fourth-order valence-corrected chi connectivity index (χ4v) is 5.65. The van der Waals surface area contributed by atoms with Gasteiger partial charge in [-0.2, -0.15) is 0 Å². The Morgan fingerprint density at radius 1 is 0.929 bits per heavy atom. The van der Waals surface area contributed by atoms with Crippen molar-refractivity contribution in [3.8, 4) is 0 Å². The van der Waals surface area contributed by atoms with Gasteiger partial charge in [-0.15, -0.1) is 0 Å². The van der Waals surface area contributed by atoms with Gasteiger partial charge in [0.2, 0.25) is 11.8 Å². The average molecular weight is 465 g/mol. The molecule has 8 nitrogen and oxygen atoms in total. The van der Waals surface area contributed by atoms with Crippen LogP contribution in [0.1, 0.15) is 19.8 Å². The van der Waals surface area contributed by atoms with E-state index in [0.29, 0.717) is 20.1 Å². The minimum Gasteiger partial charge on any atom is -0.467 e. The Labute approximate surface area is 182 Å². The van der Waals surface area contributed by atoms with Crippen LogP contribution in [0.5, 0.6) is 0 Å². The van der Waals surface area contributed by atoms with Gasteiger partial charge in [0, 0.05) is 24.3 Å². The van der Waals surface area contributed by atoms with E-state index in [2.05, 4.69) is 0 Å². The molecule has 2 saturated heterocycles. The second-order valence-electron chi connectivity index (χ2n) is 6.27. The van der Waals surface area contributed by atoms with Crippen molar-refractivity contribution in [2.24, 2.45) is 5.92 Å². The summed E-state index contributed by atoms with van der Waals surface area (Å²) >= 11 is 12.8. The number of nitrogens with zero attached hydrogens (tertiary/aromatic N) is 2. The molecule has 12 heteroatoms. The summed E-state index contributed by atoms with van der Waals surface area (Å²) < 4.78 is 10.1. The molecule has 0 aromatic rings. The van der Waals surface area contributed by atoms with Crippen molar-refractivity contribution in [2.75, 3.05) is 25.7 Å². The minimum atomic E-state index is -0.746. The van der Waals surface area contributed by atoms with Crippen LogP contribution in [-0.4, -0.2) is 80.0 Å². The van der Waals surface area contributed by atoms with E-state index in [1.54, 1.807) is 6.92 Å². The number of ether oxygens (including phenoxy) is 2. The van der Waals surface area contributed by atoms with Crippen LogP contribution < -0.4 is 0 Å². The van der Waals surface area contributed by atoms with Gasteiger partial charge in [0.05, 0.1) is 14.2 Å². The molecule has 0 aromatic heterocycles. The third kappa shape index (κ3) is 5.02. The summed E-state index contributed by atoms with van der Waals surface area (Å²) in [6.45, 7) is 1.74. The molecule has 2 unspecified atom stereocenters. The number of thiocarbonyl (C=S) groups is 2.